The predicted molar refractivity (Wildman–Crippen MR) is 122 cm³/mol. The van der Waals surface area contributed by atoms with Crippen LogP contribution in [0.5, 0.6) is 5.75 Å². The van der Waals surface area contributed by atoms with Gasteiger partial charge in [-0.3, -0.25) is 0 Å². The molecule has 2 amide bonds. The molecule has 1 heterocycles. The Labute approximate surface area is 184 Å². The van der Waals surface area contributed by atoms with Crippen molar-refractivity contribution < 1.29 is 9.90 Å². The highest BCUT2D eigenvalue weighted by Gasteiger charge is 2.22. The van der Waals surface area contributed by atoms with Crippen molar-refractivity contribution >= 4 is 36.0 Å². The number of urea groups is 1. The first-order valence-electron chi connectivity index (χ1n) is 10.00. The zero-order chi connectivity index (χ0) is 19.2. The lowest BCUT2D eigenvalue weighted by atomic mass is 9.88. The van der Waals surface area contributed by atoms with Crippen molar-refractivity contribution in [2.45, 2.75) is 58.0 Å². The van der Waals surface area contributed by atoms with Crippen molar-refractivity contribution in [1.82, 2.24) is 15.5 Å². The molecule has 0 radical (unpaired) electrons. The summed E-state index contributed by atoms with van der Waals surface area (Å²) in [5.74, 6) is 1.09. The number of fused-ring (bicyclic) bond motifs is 1. The van der Waals surface area contributed by atoms with E-state index < -0.39 is 0 Å². The molecule has 0 atom stereocenters. The van der Waals surface area contributed by atoms with Crippen LogP contribution in [0.25, 0.3) is 0 Å². The molecule has 0 aromatic heterocycles. The quantitative estimate of drug-likeness (QED) is 0.289. The molecule has 1 aliphatic heterocycles. The maximum absolute atomic E-state index is 11.3. The number of carbonyl (C=O) groups excluding carboxylic acids is 1. The van der Waals surface area contributed by atoms with Gasteiger partial charge in [0.2, 0.25) is 0 Å². The lowest BCUT2D eigenvalue weighted by Crippen LogP contribution is -2.50. The van der Waals surface area contributed by atoms with E-state index in [1.165, 1.54) is 24.0 Å². The van der Waals surface area contributed by atoms with Crippen LogP contribution < -0.4 is 16.4 Å². The summed E-state index contributed by atoms with van der Waals surface area (Å²) in [6.07, 6.45) is 6.19. The molecule has 1 aromatic rings. The van der Waals surface area contributed by atoms with E-state index in [2.05, 4.69) is 10.6 Å². The summed E-state index contributed by atoms with van der Waals surface area (Å²) in [7, 11) is 0. The fraction of sp³-hybridized carbons (Fsp3) is 0.600. The molecule has 0 spiro atoms. The molecule has 8 heteroatoms. The molecular formula is C20H32IN5O2. The normalized spacial score (nSPS) is 17.5. The Balaban J connectivity index is 0.00000280. The van der Waals surface area contributed by atoms with E-state index in [1.807, 2.05) is 13.0 Å². The molecule has 2 aliphatic rings. The standard InChI is InChI=1S/C20H31N5O2.HI/c1-2-22-20(24-15-9-11-25(12-10-15)19(21)27)23-13-17-16-6-4-3-5-14(16)7-8-18(17)26;/h7-8,15,26H,2-6,9-13H2,1H3,(H2,21,27)(H2,22,23,24);1H. The number of nitrogens with one attached hydrogen (secondary N) is 2. The molecule has 1 saturated heterocycles. The number of amides is 2. The third kappa shape index (κ3) is 5.65. The number of aromatic hydroxyl groups is 1. The number of hydrogen-bond donors (Lipinski definition) is 4. The lowest BCUT2D eigenvalue weighted by Gasteiger charge is -2.32. The number of guanidine groups is 1. The second-order valence-electron chi connectivity index (χ2n) is 7.35. The maximum Gasteiger partial charge on any atom is 0.314 e. The molecule has 28 heavy (non-hydrogen) atoms. The highest BCUT2D eigenvalue weighted by atomic mass is 127. The van der Waals surface area contributed by atoms with Crippen LogP contribution in [-0.4, -0.2) is 47.7 Å². The number of likely N-dealkylation sites (tertiary alicyclic amines) is 1. The fourth-order valence-electron chi connectivity index (χ4n) is 3.98. The van der Waals surface area contributed by atoms with Crippen LogP contribution in [0.15, 0.2) is 17.1 Å². The second-order valence-corrected chi connectivity index (χ2v) is 7.35. The maximum atomic E-state index is 11.3. The van der Waals surface area contributed by atoms with Crippen molar-refractivity contribution in [2.75, 3.05) is 19.6 Å². The Kier molecular flexibility index (Phi) is 8.65. The average molecular weight is 501 g/mol. The summed E-state index contributed by atoms with van der Waals surface area (Å²) >= 11 is 0. The highest BCUT2D eigenvalue weighted by Crippen LogP contribution is 2.31. The number of primary amides is 1. The zero-order valence-corrected chi connectivity index (χ0v) is 18.9. The van der Waals surface area contributed by atoms with Crippen LogP contribution in [0.3, 0.4) is 0 Å². The molecule has 3 rings (SSSR count). The first kappa shape index (κ1) is 22.6. The number of phenolic OH excluding ortho intramolecular Hbond substituents is 1. The Morgan fingerprint density at radius 3 is 2.68 bits per heavy atom. The molecule has 1 fully saturated rings. The van der Waals surface area contributed by atoms with Gasteiger partial charge in [0.05, 0.1) is 6.54 Å². The lowest BCUT2D eigenvalue weighted by molar-refractivity contribution is 0.188. The number of nitrogens with two attached hydrogens (primary N) is 1. The van der Waals surface area contributed by atoms with Gasteiger partial charge in [0.1, 0.15) is 5.75 Å². The predicted octanol–water partition coefficient (Wildman–Crippen LogP) is 2.49. The summed E-state index contributed by atoms with van der Waals surface area (Å²) in [6.45, 7) is 4.60. The molecule has 7 nitrogen and oxygen atoms in total. The number of benzene rings is 1. The van der Waals surface area contributed by atoms with Gasteiger partial charge in [-0.1, -0.05) is 6.07 Å². The van der Waals surface area contributed by atoms with Gasteiger partial charge < -0.3 is 26.4 Å². The molecule has 1 aliphatic carbocycles. The largest absolute Gasteiger partial charge is 0.508 e. The van der Waals surface area contributed by atoms with Crippen molar-refractivity contribution in [2.24, 2.45) is 10.7 Å². The van der Waals surface area contributed by atoms with E-state index in [0.29, 0.717) is 25.4 Å². The molecule has 1 aromatic carbocycles. The number of aliphatic imine (C=N–C) groups is 1. The number of halogens is 1. The van der Waals surface area contributed by atoms with Crippen LogP contribution in [0.1, 0.15) is 49.3 Å². The van der Waals surface area contributed by atoms with Crippen molar-refractivity contribution in [3.8, 4) is 5.75 Å². The number of phenols is 1. The first-order chi connectivity index (χ1) is 13.1. The average Bonchev–Trinajstić information content (AvgIpc) is 2.67. The Hall–Kier alpha value is -1.71. The summed E-state index contributed by atoms with van der Waals surface area (Å²) in [5, 5.41) is 17.1. The minimum atomic E-state index is -0.349. The molecular weight excluding hydrogens is 469 g/mol. The molecule has 0 bridgehead atoms. The van der Waals surface area contributed by atoms with Gasteiger partial charge >= 0.3 is 6.03 Å². The topological polar surface area (TPSA) is 103 Å². The Morgan fingerprint density at radius 2 is 2.00 bits per heavy atom. The number of carbonyl (C=O) groups is 1. The zero-order valence-electron chi connectivity index (χ0n) is 16.5. The van der Waals surface area contributed by atoms with E-state index in [1.54, 1.807) is 11.0 Å². The Bertz CT molecular complexity index is 702. The minimum absolute atomic E-state index is 0. The van der Waals surface area contributed by atoms with E-state index in [9.17, 15) is 9.90 Å². The van der Waals surface area contributed by atoms with Gasteiger partial charge in [-0.05, 0) is 62.6 Å². The third-order valence-electron chi connectivity index (χ3n) is 5.51. The SMILES string of the molecule is CCNC(=NCc1c(O)ccc2c1CCCC2)NC1CCN(C(N)=O)CC1.I. The molecule has 156 valence electrons. The number of nitrogens with zero attached hydrogens (tertiary/aromatic N) is 2. The highest BCUT2D eigenvalue weighted by molar-refractivity contribution is 14.0. The molecule has 0 unspecified atom stereocenters. The van der Waals surface area contributed by atoms with E-state index >= 15 is 0 Å². The van der Waals surface area contributed by atoms with E-state index in [-0.39, 0.29) is 36.0 Å². The summed E-state index contributed by atoms with van der Waals surface area (Å²) in [5.41, 5.74) is 8.92. The summed E-state index contributed by atoms with van der Waals surface area (Å²) in [4.78, 5) is 17.7. The first-order valence-corrected chi connectivity index (χ1v) is 10.00. The number of rotatable bonds is 4. The van der Waals surface area contributed by atoms with E-state index in [0.717, 1.165) is 43.8 Å². The van der Waals surface area contributed by atoms with Gasteiger partial charge in [-0.15, -0.1) is 24.0 Å². The van der Waals surface area contributed by atoms with Crippen LogP contribution in [-0.2, 0) is 19.4 Å². The van der Waals surface area contributed by atoms with Crippen LogP contribution in [0.2, 0.25) is 0 Å². The van der Waals surface area contributed by atoms with Gasteiger partial charge in [-0.25, -0.2) is 9.79 Å². The van der Waals surface area contributed by atoms with Crippen molar-refractivity contribution in [3.63, 3.8) is 0 Å². The summed E-state index contributed by atoms with van der Waals surface area (Å²) in [6, 6.07) is 3.76. The Morgan fingerprint density at radius 1 is 1.29 bits per heavy atom. The van der Waals surface area contributed by atoms with Crippen LogP contribution in [0, 0.1) is 0 Å². The van der Waals surface area contributed by atoms with Crippen molar-refractivity contribution in [3.05, 3.63) is 28.8 Å². The number of hydrogen-bond acceptors (Lipinski definition) is 3. The monoisotopic (exact) mass is 501 g/mol. The smallest absolute Gasteiger partial charge is 0.314 e. The molecule has 5 N–H and O–H groups in total. The minimum Gasteiger partial charge on any atom is -0.508 e. The number of aryl methyl sites for hydroxylation is 1. The fourth-order valence-corrected chi connectivity index (χ4v) is 3.98. The molecule has 0 saturated carbocycles. The number of piperidine rings is 1. The van der Waals surface area contributed by atoms with E-state index in [4.69, 9.17) is 10.7 Å². The van der Waals surface area contributed by atoms with Gasteiger partial charge in [0.25, 0.3) is 0 Å². The van der Waals surface area contributed by atoms with Gasteiger partial charge in [0, 0.05) is 31.2 Å². The second kappa shape index (κ2) is 10.7. The van der Waals surface area contributed by atoms with Gasteiger partial charge in [-0.2, -0.15) is 0 Å². The van der Waals surface area contributed by atoms with Crippen LogP contribution in [0.4, 0.5) is 4.79 Å². The van der Waals surface area contributed by atoms with Crippen LogP contribution >= 0.6 is 24.0 Å². The third-order valence-corrected chi connectivity index (χ3v) is 5.51. The van der Waals surface area contributed by atoms with Gasteiger partial charge in [0.15, 0.2) is 5.96 Å². The van der Waals surface area contributed by atoms with Crippen molar-refractivity contribution in [1.29, 1.82) is 0 Å². The summed E-state index contributed by atoms with van der Waals surface area (Å²) < 4.78 is 0.